The molecule has 4 aromatic carbocycles. The van der Waals surface area contributed by atoms with E-state index in [1.165, 1.54) is 16.4 Å². The molecule has 0 aliphatic carbocycles. The number of hydrogen-bond acceptors (Lipinski definition) is 4. The Labute approximate surface area is 227 Å². The van der Waals surface area contributed by atoms with Crippen LogP contribution < -0.4 is 9.62 Å². The largest absolute Gasteiger partial charge is 0.323 e. The molecule has 190 valence electrons. The summed E-state index contributed by atoms with van der Waals surface area (Å²) in [5, 5.41) is 3.60. The minimum atomic E-state index is -3.98. The van der Waals surface area contributed by atoms with Crippen LogP contribution >= 0.6 is 23.4 Å². The summed E-state index contributed by atoms with van der Waals surface area (Å²) in [5.74, 6) is 0.264. The second-order valence-corrected chi connectivity index (χ2v) is 11.9. The Balaban J connectivity index is 1.58. The van der Waals surface area contributed by atoms with Gasteiger partial charge in [0.25, 0.3) is 10.0 Å². The predicted octanol–water partition coefficient (Wildman–Crippen LogP) is 7.08. The number of anilines is 2. The molecular formula is C29H27ClN2O3S2. The normalized spacial score (nSPS) is 11.2. The summed E-state index contributed by atoms with van der Waals surface area (Å²) < 4.78 is 28.5. The van der Waals surface area contributed by atoms with Crippen molar-refractivity contribution in [3.8, 4) is 0 Å². The quantitative estimate of drug-likeness (QED) is 0.226. The molecule has 1 amide bonds. The topological polar surface area (TPSA) is 66.5 Å². The van der Waals surface area contributed by atoms with Gasteiger partial charge in [-0.15, -0.1) is 11.8 Å². The van der Waals surface area contributed by atoms with Crippen molar-refractivity contribution >= 4 is 50.7 Å². The van der Waals surface area contributed by atoms with Crippen molar-refractivity contribution in [1.82, 2.24) is 0 Å². The van der Waals surface area contributed by atoms with Crippen LogP contribution in [0.3, 0.4) is 0 Å². The van der Waals surface area contributed by atoms with Gasteiger partial charge in [0.15, 0.2) is 0 Å². The lowest BCUT2D eigenvalue weighted by molar-refractivity contribution is -0.114. The highest BCUT2D eigenvalue weighted by atomic mass is 35.5. The average molecular weight is 551 g/mol. The van der Waals surface area contributed by atoms with E-state index in [1.807, 2.05) is 74.5 Å². The average Bonchev–Trinajstić information content (AvgIpc) is 2.88. The summed E-state index contributed by atoms with van der Waals surface area (Å²) in [5.41, 5.74) is 3.98. The maximum absolute atomic E-state index is 13.6. The number of para-hydroxylation sites is 1. The number of halogens is 1. The molecule has 0 aliphatic heterocycles. The molecule has 0 heterocycles. The molecule has 0 spiro atoms. The van der Waals surface area contributed by atoms with Crippen molar-refractivity contribution in [1.29, 1.82) is 0 Å². The molecule has 0 atom stereocenters. The fourth-order valence-corrected chi connectivity index (χ4v) is 6.46. The SMILES string of the molecule is Cc1ccc(N(CC(=O)Nc2ccccc2SCc2ccc(Cl)cc2)S(=O)(=O)c2ccccc2)c(C)c1. The van der Waals surface area contributed by atoms with E-state index < -0.39 is 15.9 Å². The number of rotatable bonds is 9. The van der Waals surface area contributed by atoms with Crippen LogP contribution in [-0.4, -0.2) is 20.9 Å². The van der Waals surface area contributed by atoms with Crippen LogP contribution in [0.4, 0.5) is 11.4 Å². The van der Waals surface area contributed by atoms with Gasteiger partial charge < -0.3 is 5.32 Å². The minimum absolute atomic E-state index is 0.127. The monoisotopic (exact) mass is 550 g/mol. The number of nitrogens with one attached hydrogen (secondary N) is 1. The Kier molecular flexibility index (Phi) is 8.59. The van der Waals surface area contributed by atoms with Crippen LogP contribution in [-0.2, 0) is 20.6 Å². The first kappa shape index (κ1) is 26.8. The molecule has 37 heavy (non-hydrogen) atoms. The third-order valence-corrected chi connectivity index (χ3v) is 8.88. The third kappa shape index (κ3) is 6.74. The Morgan fingerprint density at radius 1 is 0.892 bits per heavy atom. The second-order valence-electron chi connectivity index (χ2n) is 8.57. The van der Waals surface area contributed by atoms with Crippen LogP contribution in [0.25, 0.3) is 0 Å². The van der Waals surface area contributed by atoms with Crippen molar-refractivity contribution in [2.24, 2.45) is 0 Å². The van der Waals surface area contributed by atoms with E-state index in [9.17, 15) is 13.2 Å². The van der Waals surface area contributed by atoms with Crippen LogP contribution in [0.1, 0.15) is 16.7 Å². The smallest absolute Gasteiger partial charge is 0.264 e. The highest BCUT2D eigenvalue weighted by molar-refractivity contribution is 7.98. The number of nitrogens with zero attached hydrogens (tertiary/aromatic N) is 1. The first-order valence-corrected chi connectivity index (χ1v) is 14.5. The Bertz CT molecular complexity index is 1490. The van der Waals surface area contributed by atoms with E-state index in [-0.39, 0.29) is 11.4 Å². The van der Waals surface area contributed by atoms with Crippen molar-refractivity contribution in [2.45, 2.75) is 29.4 Å². The zero-order valence-electron chi connectivity index (χ0n) is 20.5. The van der Waals surface area contributed by atoms with Crippen molar-refractivity contribution in [2.75, 3.05) is 16.2 Å². The van der Waals surface area contributed by atoms with Gasteiger partial charge in [-0.05, 0) is 67.4 Å². The zero-order chi connectivity index (χ0) is 26.4. The van der Waals surface area contributed by atoms with Crippen LogP contribution in [0, 0.1) is 13.8 Å². The first-order valence-electron chi connectivity index (χ1n) is 11.7. The molecule has 0 fully saturated rings. The van der Waals surface area contributed by atoms with E-state index >= 15 is 0 Å². The Morgan fingerprint density at radius 3 is 2.27 bits per heavy atom. The summed E-state index contributed by atoms with van der Waals surface area (Å²) in [6.45, 7) is 3.42. The van der Waals surface area contributed by atoms with Crippen molar-refractivity contribution in [3.05, 3.63) is 119 Å². The van der Waals surface area contributed by atoms with Crippen LogP contribution in [0.5, 0.6) is 0 Å². The van der Waals surface area contributed by atoms with Gasteiger partial charge in [-0.2, -0.15) is 0 Å². The Morgan fingerprint density at radius 2 is 1.57 bits per heavy atom. The molecule has 8 heteroatoms. The second kappa shape index (κ2) is 11.9. The van der Waals surface area contributed by atoms with Crippen molar-refractivity contribution in [3.63, 3.8) is 0 Å². The molecule has 4 aromatic rings. The van der Waals surface area contributed by atoms with Gasteiger partial charge in [0.1, 0.15) is 6.54 Å². The van der Waals surface area contributed by atoms with E-state index in [4.69, 9.17) is 11.6 Å². The third-order valence-electron chi connectivity index (χ3n) is 5.71. The van der Waals surface area contributed by atoms with E-state index in [0.717, 1.165) is 21.6 Å². The highest BCUT2D eigenvalue weighted by Crippen LogP contribution is 2.31. The minimum Gasteiger partial charge on any atom is -0.323 e. The van der Waals surface area contributed by atoms with Gasteiger partial charge in [-0.1, -0.05) is 71.8 Å². The van der Waals surface area contributed by atoms with Gasteiger partial charge in [0.2, 0.25) is 5.91 Å². The van der Waals surface area contributed by atoms with Gasteiger partial charge in [0.05, 0.1) is 16.3 Å². The molecule has 5 nitrogen and oxygen atoms in total. The van der Waals surface area contributed by atoms with Crippen LogP contribution in [0.15, 0.2) is 107 Å². The van der Waals surface area contributed by atoms with Gasteiger partial charge in [0, 0.05) is 15.7 Å². The lowest BCUT2D eigenvalue weighted by atomic mass is 10.1. The lowest BCUT2D eigenvalue weighted by Gasteiger charge is -2.26. The molecule has 1 N–H and O–H groups in total. The van der Waals surface area contributed by atoms with Gasteiger partial charge in [-0.25, -0.2) is 8.42 Å². The number of carbonyl (C=O) groups excluding carboxylic acids is 1. The van der Waals surface area contributed by atoms with E-state index in [0.29, 0.717) is 22.2 Å². The fourth-order valence-electron chi connectivity index (χ4n) is 3.86. The summed E-state index contributed by atoms with van der Waals surface area (Å²) >= 11 is 7.56. The number of hydrogen-bond donors (Lipinski definition) is 1. The number of aryl methyl sites for hydroxylation is 2. The van der Waals surface area contributed by atoms with E-state index in [2.05, 4.69) is 5.32 Å². The molecule has 0 radical (unpaired) electrons. The number of amides is 1. The highest BCUT2D eigenvalue weighted by Gasteiger charge is 2.28. The lowest BCUT2D eigenvalue weighted by Crippen LogP contribution is -2.38. The van der Waals surface area contributed by atoms with E-state index in [1.54, 1.807) is 36.0 Å². The molecule has 0 saturated carbocycles. The Hall–Kier alpha value is -3.26. The number of sulfonamides is 1. The van der Waals surface area contributed by atoms with Crippen LogP contribution in [0.2, 0.25) is 5.02 Å². The zero-order valence-corrected chi connectivity index (χ0v) is 22.9. The molecule has 0 unspecified atom stereocenters. The fraction of sp³-hybridized carbons (Fsp3) is 0.138. The summed E-state index contributed by atoms with van der Waals surface area (Å²) in [7, 11) is -3.98. The number of carbonyl (C=O) groups is 1. The molecule has 0 aliphatic rings. The maximum Gasteiger partial charge on any atom is 0.264 e. The maximum atomic E-state index is 13.6. The summed E-state index contributed by atoms with van der Waals surface area (Å²) in [6.07, 6.45) is 0. The van der Waals surface area contributed by atoms with Gasteiger partial charge in [-0.3, -0.25) is 9.10 Å². The molecule has 4 rings (SSSR count). The summed E-state index contributed by atoms with van der Waals surface area (Å²) in [6, 6.07) is 28.8. The number of thioether (sulfide) groups is 1. The molecular weight excluding hydrogens is 524 g/mol. The molecule has 0 aromatic heterocycles. The summed E-state index contributed by atoms with van der Waals surface area (Å²) in [4.78, 5) is 14.3. The molecule has 0 saturated heterocycles. The number of benzene rings is 4. The molecule has 0 bridgehead atoms. The first-order chi connectivity index (χ1) is 17.7. The van der Waals surface area contributed by atoms with Gasteiger partial charge >= 0.3 is 0 Å². The predicted molar refractivity (Wildman–Crippen MR) is 153 cm³/mol. The van der Waals surface area contributed by atoms with Crippen molar-refractivity contribution < 1.29 is 13.2 Å². The standard InChI is InChI=1S/C29H27ClN2O3S2/c1-21-12-17-27(22(2)18-21)32(37(34,35)25-8-4-3-5-9-25)19-29(33)31-26-10-6-7-11-28(26)36-20-23-13-15-24(30)16-14-23/h3-18H,19-20H2,1-2H3,(H,31,33).